The predicted molar refractivity (Wildman–Crippen MR) is 281 cm³/mol. The summed E-state index contributed by atoms with van der Waals surface area (Å²) in [6.07, 6.45) is 0. The van der Waals surface area contributed by atoms with E-state index in [4.69, 9.17) is 4.42 Å². The molecule has 321 valence electrons. The summed E-state index contributed by atoms with van der Waals surface area (Å²) in [5.74, 6) is 0. The van der Waals surface area contributed by atoms with Crippen molar-refractivity contribution in [1.29, 1.82) is 0 Å². The van der Waals surface area contributed by atoms with Gasteiger partial charge < -0.3 is 14.3 Å². The third-order valence-electron chi connectivity index (χ3n) is 15.7. The lowest BCUT2D eigenvalue weighted by Gasteiger charge is -2.27. The predicted octanol–water partition coefficient (Wildman–Crippen LogP) is 15.3. The summed E-state index contributed by atoms with van der Waals surface area (Å²) < 4.78 is 9.18. The molecule has 3 nitrogen and oxygen atoms in total. The first-order chi connectivity index (χ1) is 31.5. The quantitative estimate of drug-likeness (QED) is 0.180. The third-order valence-corrected chi connectivity index (χ3v) is 15.7. The maximum Gasteiger partial charge on any atom is 0.198 e. The number of benzene rings is 8. The zero-order valence-electron chi connectivity index (χ0n) is 39.7. The first-order valence-electron chi connectivity index (χ1n) is 23.7. The first-order valence-corrected chi connectivity index (χ1v) is 23.7. The molecule has 4 heteroatoms. The Hall–Kier alpha value is -6.78. The number of nitrogens with zero attached hydrogens (tertiary/aromatic N) is 1. The van der Waals surface area contributed by atoms with Gasteiger partial charge in [-0.2, -0.15) is 0 Å². The summed E-state index contributed by atoms with van der Waals surface area (Å²) in [7, 11) is 2.44. The minimum absolute atomic E-state index is 0.0485. The topological polar surface area (TPSA) is 30.1 Å². The fraction of sp³-hybridized carbons (Fsp3) is 0.226. The summed E-state index contributed by atoms with van der Waals surface area (Å²) >= 11 is 0. The van der Waals surface area contributed by atoms with E-state index < -0.39 is 0 Å². The van der Waals surface area contributed by atoms with Crippen molar-refractivity contribution in [3.63, 3.8) is 0 Å². The molecule has 1 aliphatic heterocycles. The second-order valence-corrected chi connectivity index (χ2v) is 22.5. The molecule has 2 aliphatic carbocycles. The Kier molecular flexibility index (Phi) is 7.78. The van der Waals surface area contributed by atoms with E-state index >= 15 is 0 Å². The van der Waals surface area contributed by atoms with Crippen LogP contribution in [0.4, 0.5) is 11.4 Å². The molecule has 10 aromatic rings. The zero-order valence-corrected chi connectivity index (χ0v) is 39.7. The lowest BCUT2D eigenvalue weighted by Crippen LogP contribution is -2.37. The van der Waals surface area contributed by atoms with Crippen molar-refractivity contribution < 1.29 is 4.42 Å². The van der Waals surface area contributed by atoms with Gasteiger partial charge in [-0.25, -0.2) is 0 Å². The summed E-state index contributed by atoms with van der Waals surface area (Å²) in [5.41, 5.74) is 25.7. The second-order valence-electron chi connectivity index (χ2n) is 22.5. The van der Waals surface area contributed by atoms with E-state index in [1.54, 1.807) is 0 Å². The number of furan rings is 1. The molecule has 0 saturated carbocycles. The Balaban J connectivity index is 1.10. The lowest BCUT2D eigenvalue weighted by molar-refractivity contribution is 0.584. The van der Waals surface area contributed by atoms with Gasteiger partial charge in [-0.15, -0.1) is 0 Å². The number of fused-ring (bicyclic) bond motifs is 14. The number of rotatable bonds is 3. The van der Waals surface area contributed by atoms with Gasteiger partial charge in [-0.1, -0.05) is 160 Å². The number of anilines is 2. The number of hydrogen-bond donors (Lipinski definition) is 1. The second kappa shape index (κ2) is 13.0. The molecule has 2 aromatic heterocycles. The Morgan fingerprint density at radius 1 is 0.485 bits per heavy atom. The van der Waals surface area contributed by atoms with E-state index in [0.29, 0.717) is 0 Å². The molecular formula is C62H54BN2O. The van der Waals surface area contributed by atoms with Crippen LogP contribution in [0.3, 0.4) is 0 Å². The van der Waals surface area contributed by atoms with Crippen LogP contribution in [0.15, 0.2) is 144 Å². The van der Waals surface area contributed by atoms with Crippen molar-refractivity contribution in [3.05, 3.63) is 173 Å². The van der Waals surface area contributed by atoms with Crippen LogP contribution in [0, 0.1) is 0 Å². The van der Waals surface area contributed by atoms with Gasteiger partial charge in [0.2, 0.25) is 0 Å². The van der Waals surface area contributed by atoms with Crippen molar-refractivity contribution in [1.82, 2.24) is 4.57 Å². The fourth-order valence-corrected chi connectivity index (χ4v) is 12.0. The molecule has 0 spiro atoms. The normalized spacial score (nSPS) is 15.2. The highest BCUT2D eigenvalue weighted by molar-refractivity contribution is 6.73. The molecule has 0 unspecified atom stereocenters. The zero-order chi connectivity index (χ0) is 45.4. The SMILES string of the molecule is CC(C)(C)c1ccc(Nc2cc3c(cc2-c2ccc4c5cc6c(cc5n5c4c2[B]c2cc4oc7ccccc7c4cc2-5)C(C)(C)c2ccccc2-6)-c2ccc(C(C)(C)C)cc2C3(C)C)cc1. The standard InChI is InChI=1S/C62H54BN2O/c1-59(2,3)34-19-22-36(23-20-34)64-52-31-49-42(38-24-21-35(60(4,5)6)27-48(38)62(49,9)10)28-44(52)40-25-26-41-45-29-43-37-15-11-13-17-47(37)61(7,8)50(43)32-53(45)65-54-30-46-39-16-12-14-18-55(39)66-56(46)33-51(54)63-57(40)58(41)65/h11-33,64H,1-10H3. The Bertz CT molecular complexity index is 3770. The number of para-hydroxylation sites is 1. The minimum Gasteiger partial charge on any atom is -0.456 e. The van der Waals surface area contributed by atoms with Crippen LogP contribution in [0.5, 0.6) is 0 Å². The van der Waals surface area contributed by atoms with Crippen LogP contribution in [-0.2, 0) is 21.7 Å². The first kappa shape index (κ1) is 39.6. The Morgan fingerprint density at radius 2 is 1.14 bits per heavy atom. The van der Waals surface area contributed by atoms with Crippen LogP contribution >= 0.6 is 0 Å². The average molecular weight is 854 g/mol. The molecule has 1 N–H and O–H groups in total. The van der Waals surface area contributed by atoms with Crippen molar-refractivity contribution in [2.75, 3.05) is 5.32 Å². The summed E-state index contributed by atoms with van der Waals surface area (Å²) in [4.78, 5) is 0. The summed E-state index contributed by atoms with van der Waals surface area (Å²) in [5, 5.41) is 8.83. The molecule has 0 bridgehead atoms. The molecule has 1 radical (unpaired) electrons. The fourth-order valence-electron chi connectivity index (χ4n) is 12.0. The van der Waals surface area contributed by atoms with E-state index in [9.17, 15) is 0 Å². The van der Waals surface area contributed by atoms with Gasteiger partial charge in [0.1, 0.15) is 11.2 Å². The van der Waals surface area contributed by atoms with Crippen LogP contribution in [-0.4, -0.2) is 11.8 Å². The van der Waals surface area contributed by atoms with Gasteiger partial charge in [0.05, 0.1) is 5.52 Å². The number of aromatic nitrogens is 1. The average Bonchev–Trinajstić information content (AvgIpc) is 3.95. The summed E-state index contributed by atoms with van der Waals surface area (Å²) in [6, 6.07) is 53.1. The highest BCUT2D eigenvalue weighted by Crippen LogP contribution is 2.54. The van der Waals surface area contributed by atoms with Crippen LogP contribution < -0.4 is 16.2 Å². The van der Waals surface area contributed by atoms with E-state index in [1.807, 2.05) is 0 Å². The molecule has 0 atom stereocenters. The van der Waals surface area contributed by atoms with Gasteiger partial charge in [-0.05, 0) is 132 Å². The van der Waals surface area contributed by atoms with Crippen molar-refractivity contribution in [3.8, 4) is 39.1 Å². The minimum atomic E-state index is -0.183. The van der Waals surface area contributed by atoms with Crippen molar-refractivity contribution >= 4 is 73.3 Å². The largest absolute Gasteiger partial charge is 0.456 e. The molecule has 0 saturated heterocycles. The Labute approximate surface area is 388 Å². The van der Waals surface area contributed by atoms with Crippen LogP contribution in [0.25, 0.3) is 82.8 Å². The third kappa shape index (κ3) is 5.39. The molecular weight excluding hydrogens is 800 g/mol. The molecule has 3 heterocycles. The maximum absolute atomic E-state index is 6.60. The van der Waals surface area contributed by atoms with Crippen molar-refractivity contribution in [2.24, 2.45) is 0 Å². The van der Waals surface area contributed by atoms with Crippen molar-refractivity contribution in [2.45, 2.75) is 90.9 Å². The van der Waals surface area contributed by atoms with E-state index in [2.05, 4.69) is 226 Å². The van der Waals surface area contributed by atoms with Crippen LogP contribution in [0.2, 0.25) is 0 Å². The number of nitrogens with one attached hydrogen (secondary N) is 1. The van der Waals surface area contributed by atoms with Crippen LogP contribution in [0.1, 0.15) is 103 Å². The highest BCUT2D eigenvalue weighted by atomic mass is 16.3. The lowest BCUT2D eigenvalue weighted by atomic mass is 9.59. The van der Waals surface area contributed by atoms with Gasteiger partial charge in [0, 0.05) is 60.5 Å². The molecule has 3 aliphatic rings. The van der Waals surface area contributed by atoms with Gasteiger partial charge in [0.15, 0.2) is 7.28 Å². The highest BCUT2D eigenvalue weighted by Gasteiger charge is 2.40. The molecule has 66 heavy (non-hydrogen) atoms. The summed E-state index contributed by atoms with van der Waals surface area (Å²) in [6.45, 7) is 23.4. The Morgan fingerprint density at radius 3 is 1.92 bits per heavy atom. The molecule has 0 fully saturated rings. The van der Waals surface area contributed by atoms with Gasteiger partial charge in [0.25, 0.3) is 0 Å². The van der Waals surface area contributed by atoms with Gasteiger partial charge in [-0.3, -0.25) is 0 Å². The molecule has 0 amide bonds. The van der Waals surface area contributed by atoms with Gasteiger partial charge >= 0.3 is 0 Å². The van der Waals surface area contributed by atoms with E-state index in [0.717, 1.165) is 38.8 Å². The molecule has 8 aromatic carbocycles. The number of hydrogen-bond acceptors (Lipinski definition) is 2. The maximum atomic E-state index is 6.60. The molecule has 13 rings (SSSR count). The van der Waals surface area contributed by atoms with E-state index in [1.165, 1.54) is 99.7 Å². The smallest absolute Gasteiger partial charge is 0.198 e. The monoisotopic (exact) mass is 853 g/mol. The van der Waals surface area contributed by atoms with E-state index in [-0.39, 0.29) is 21.7 Å².